The van der Waals surface area contributed by atoms with Crippen molar-refractivity contribution in [2.24, 2.45) is 0 Å². The van der Waals surface area contributed by atoms with Crippen LogP contribution in [0.2, 0.25) is 0 Å². The van der Waals surface area contributed by atoms with Gasteiger partial charge in [0.25, 0.3) is 0 Å². The molecule has 0 spiro atoms. The molecule has 1 N–H and O–H groups in total. The van der Waals surface area contributed by atoms with Crippen LogP contribution in [0.5, 0.6) is 0 Å². The molecule has 1 aromatic carbocycles. The molecule has 0 fully saturated rings. The van der Waals surface area contributed by atoms with Gasteiger partial charge in [0, 0.05) is 16.4 Å². The fourth-order valence-electron chi connectivity index (χ4n) is 1.22. The van der Waals surface area contributed by atoms with Crippen LogP contribution in [0.3, 0.4) is 0 Å². The first-order valence-corrected chi connectivity index (χ1v) is 6.18. The third kappa shape index (κ3) is 3.01. The third-order valence-corrected chi connectivity index (χ3v) is 3.03. The van der Waals surface area contributed by atoms with E-state index in [1.54, 1.807) is 0 Å². The lowest BCUT2D eigenvalue weighted by Gasteiger charge is -2.07. The minimum absolute atomic E-state index is 0.0895. The summed E-state index contributed by atoms with van der Waals surface area (Å²) >= 11 is 6.17. The average molecular weight is 364 g/mol. The van der Waals surface area contributed by atoms with Crippen molar-refractivity contribution in [3.8, 4) is 0 Å². The molecule has 6 heteroatoms. The van der Waals surface area contributed by atoms with Crippen LogP contribution < -0.4 is 5.32 Å². The third-order valence-electron chi connectivity index (χ3n) is 1.99. The molecular formula is C11H6Br2F2N2. The van der Waals surface area contributed by atoms with Crippen LogP contribution in [-0.2, 0) is 0 Å². The maximum absolute atomic E-state index is 13.5. The van der Waals surface area contributed by atoms with Crippen LogP contribution in [-0.4, -0.2) is 4.98 Å². The minimum atomic E-state index is -0.486. The van der Waals surface area contributed by atoms with Crippen molar-refractivity contribution in [3.63, 3.8) is 0 Å². The Morgan fingerprint density at radius 2 is 1.82 bits per heavy atom. The summed E-state index contributed by atoms with van der Waals surface area (Å²) in [5, 5.41) is 2.76. The minimum Gasteiger partial charge on any atom is -0.338 e. The van der Waals surface area contributed by atoms with Crippen LogP contribution >= 0.6 is 31.9 Å². The van der Waals surface area contributed by atoms with Crippen molar-refractivity contribution in [2.45, 2.75) is 0 Å². The van der Waals surface area contributed by atoms with E-state index < -0.39 is 5.82 Å². The number of hydrogen-bond acceptors (Lipinski definition) is 2. The zero-order valence-electron chi connectivity index (χ0n) is 8.35. The standard InChI is InChI=1S/C11H6Br2F2N2/c12-6-3-10(15)11(16-5-6)17-7-1-2-9(14)8(13)4-7/h1-5H,(H,16,17). The number of anilines is 2. The Balaban J connectivity index is 2.28. The van der Waals surface area contributed by atoms with E-state index in [1.165, 1.54) is 30.5 Å². The molecule has 2 rings (SSSR count). The number of nitrogens with zero attached hydrogens (tertiary/aromatic N) is 1. The van der Waals surface area contributed by atoms with Crippen LogP contribution in [0.25, 0.3) is 0 Å². The summed E-state index contributed by atoms with van der Waals surface area (Å²) in [4.78, 5) is 3.88. The normalized spacial score (nSPS) is 10.4. The fourth-order valence-corrected chi connectivity index (χ4v) is 1.90. The van der Waals surface area contributed by atoms with Gasteiger partial charge >= 0.3 is 0 Å². The number of aromatic nitrogens is 1. The van der Waals surface area contributed by atoms with Crippen molar-refractivity contribution in [3.05, 3.63) is 51.0 Å². The first kappa shape index (κ1) is 12.4. The summed E-state index contributed by atoms with van der Waals surface area (Å²) in [6.07, 6.45) is 1.48. The SMILES string of the molecule is Fc1ccc(Nc2ncc(Br)cc2F)cc1Br. The van der Waals surface area contributed by atoms with E-state index >= 15 is 0 Å². The lowest BCUT2D eigenvalue weighted by Crippen LogP contribution is -1.97. The highest BCUT2D eigenvalue weighted by molar-refractivity contribution is 9.10. The number of nitrogens with one attached hydrogen (secondary N) is 1. The molecule has 0 saturated carbocycles. The van der Waals surface area contributed by atoms with E-state index in [0.717, 1.165) is 0 Å². The van der Waals surface area contributed by atoms with Gasteiger partial charge in [-0.15, -0.1) is 0 Å². The first-order chi connectivity index (χ1) is 8.06. The molecule has 0 radical (unpaired) electrons. The van der Waals surface area contributed by atoms with E-state index in [4.69, 9.17) is 0 Å². The quantitative estimate of drug-likeness (QED) is 0.841. The van der Waals surface area contributed by atoms with Crippen LogP contribution in [0.1, 0.15) is 0 Å². The molecular weight excluding hydrogens is 358 g/mol. The number of pyridine rings is 1. The molecule has 0 amide bonds. The highest BCUT2D eigenvalue weighted by Crippen LogP contribution is 2.24. The van der Waals surface area contributed by atoms with Crippen molar-refractivity contribution in [1.82, 2.24) is 4.98 Å². The van der Waals surface area contributed by atoms with E-state index in [1.807, 2.05) is 0 Å². The molecule has 0 aliphatic rings. The Bertz CT molecular complexity index is 561. The summed E-state index contributed by atoms with van der Waals surface area (Å²) in [7, 11) is 0. The maximum Gasteiger partial charge on any atom is 0.166 e. The van der Waals surface area contributed by atoms with Gasteiger partial charge in [0.15, 0.2) is 11.6 Å². The van der Waals surface area contributed by atoms with Gasteiger partial charge in [0.1, 0.15) is 5.82 Å². The van der Waals surface area contributed by atoms with Gasteiger partial charge in [-0.1, -0.05) is 0 Å². The van der Waals surface area contributed by atoms with Gasteiger partial charge < -0.3 is 5.32 Å². The van der Waals surface area contributed by atoms with Gasteiger partial charge in [-0.2, -0.15) is 0 Å². The fraction of sp³-hybridized carbons (Fsp3) is 0. The molecule has 1 aromatic heterocycles. The molecule has 88 valence electrons. The first-order valence-electron chi connectivity index (χ1n) is 4.59. The second-order valence-corrected chi connectivity index (χ2v) is 5.01. The van der Waals surface area contributed by atoms with Gasteiger partial charge in [0.2, 0.25) is 0 Å². The molecule has 0 saturated heterocycles. The molecule has 1 heterocycles. The molecule has 0 unspecified atom stereocenters. The molecule has 0 bridgehead atoms. The largest absolute Gasteiger partial charge is 0.338 e. The van der Waals surface area contributed by atoms with E-state index in [0.29, 0.717) is 14.6 Å². The van der Waals surface area contributed by atoms with Gasteiger partial charge in [-0.05, 0) is 56.1 Å². The number of benzene rings is 1. The highest BCUT2D eigenvalue weighted by atomic mass is 79.9. The van der Waals surface area contributed by atoms with Crippen LogP contribution in [0, 0.1) is 11.6 Å². The van der Waals surface area contributed by atoms with Crippen LogP contribution in [0.4, 0.5) is 20.3 Å². The Morgan fingerprint density at radius 1 is 1.06 bits per heavy atom. The zero-order valence-corrected chi connectivity index (χ0v) is 11.5. The van der Waals surface area contributed by atoms with Crippen molar-refractivity contribution in [1.29, 1.82) is 0 Å². The monoisotopic (exact) mass is 362 g/mol. The van der Waals surface area contributed by atoms with Crippen molar-refractivity contribution >= 4 is 43.4 Å². The predicted molar refractivity (Wildman–Crippen MR) is 69.3 cm³/mol. The smallest absolute Gasteiger partial charge is 0.166 e. The number of hydrogen-bond donors (Lipinski definition) is 1. The Labute approximate surface area is 113 Å². The second kappa shape index (κ2) is 5.10. The van der Waals surface area contributed by atoms with Crippen molar-refractivity contribution < 1.29 is 8.78 Å². The highest BCUT2D eigenvalue weighted by Gasteiger charge is 2.06. The van der Waals surface area contributed by atoms with E-state index in [-0.39, 0.29) is 11.6 Å². The Morgan fingerprint density at radius 3 is 2.47 bits per heavy atom. The molecule has 17 heavy (non-hydrogen) atoms. The topological polar surface area (TPSA) is 24.9 Å². The maximum atomic E-state index is 13.5. The number of rotatable bonds is 2. The Hall–Kier alpha value is -1.01. The second-order valence-electron chi connectivity index (χ2n) is 3.24. The van der Waals surface area contributed by atoms with Crippen molar-refractivity contribution in [2.75, 3.05) is 5.32 Å². The lowest BCUT2D eigenvalue weighted by molar-refractivity contribution is 0.621. The summed E-state index contributed by atoms with van der Waals surface area (Å²) in [6, 6.07) is 5.60. The predicted octanol–water partition coefficient (Wildman–Crippen LogP) is 4.63. The van der Waals surface area contributed by atoms with Crippen LogP contribution in [0.15, 0.2) is 39.4 Å². The lowest BCUT2D eigenvalue weighted by atomic mass is 10.3. The van der Waals surface area contributed by atoms with E-state index in [9.17, 15) is 8.78 Å². The number of halogens is 4. The zero-order chi connectivity index (χ0) is 12.4. The molecule has 0 aliphatic carbocycles. The summed E-state index contributed by atoms with van der Waals surface area (Å²) < 4.78 is 27.3. The summed E-state index contributed by atoms with van der Waals surface area (Å²) in [5.74, 6) is -0.772. The average Bonchev–Trinajstić information content (AvgIpc) is 2.27. The Kier molecular flexibility index (Phi) is 3.73. The van der Waals surface area contributed by atoms with Gasteiger partial charge in [-0.3, -0.25) is 0 Å². The van der Waals surface area contributed by atoms with E-state index in [2.05, 4.69) is 42.2 Å². The molecule has 2 nitrogen and oxygen atoms in total. The molecule has 2 aromatic rings. The van der Waals surface area contributed by atoms with Gasteiger partial charge in [-0.25, -0.2) is 13.8 Å². The summed E-state index contributed by atoms with van der Waals surface area (Å²) in [6.45, 7) is 0. The summed E-state index contributed by atoms with van der Waals surface area (Å²) in [5.41, 5.74) is 0.548. The molecule has 0 aliphatic heterocycles. The van der Waals surface area contributed by atoms with Gasteiger partial charge in [0.05, 0.1) is 4.47 Å². The molecule has 0 atom stereocenters.